The Bertz CT molecular complexity index is 283. The molecule has 0 saturated carbocycles. The molecule has 1 aromatic carbocycles. The van der Waals surface area contributed by atoms with Gasteiger partial charge in [-0.3, -0.25) is 0 Å². The number of rotatable bonds is 2. The first-order valence-corrected chi connectivity index (χ1v) is 5.08. The third-order valence-electron chi connectivity index (χ3n) is 1.85. The summed E-state index contributed by atoms with van der Waals surface area (Å²) in [5.74, 6) is 0. The molecule has 0 aliphatic heterocycles. The summed E-state index contributed by atoms with van der Waals surface area (Å²) in [4.78, 5) is 0. The molecule has 0 aliphatic rings. The average molecular weight is 265 g/mol. The van der Waals surface area contributed by atoms with E-state index >= 15 is 0 Å². The summed E-state index contributed by atoms with van der Waals surface area (Å²) < 4.78 is 0.827. The molecule has 72 valence electrons. The molecule has 3 N–H and O–H groups in total. The highest BCUT2D eigenvalue weighted by molar-refractivity contribution is 9.10. The van der Waals surface area contributed by atoms with Gasteiger partial charge in [0.15, 0.2) is 0 Å². The molecular formula is C9H11BrClNO. The number of hydrogen-bond donors (Lipinski definition) is 2. The number of benzene rings is 1. The maximum absolute atomic E-state index is 9.32. The minimum absolute atomic E-state index is 0.455. The third kappa shape index (κ3) is 2.44. The zero-order chi connectivity index (χ0) is 10.0. The Morgan fingerprint density at radius 3 is 2.62 bits per heavy atom. The lowest BCUT2D eigenvalue weighted by Crippen LogP contribution is -2.23. The molecule has 0 amide bonds. The van der Waals surface area contributed by atoms with Gasteiger partial charge in [0.05, 0.1) is 12.1 Å². The first kappa shape index (κ1) is 11.0. The van der Waals surface area contributed by atoms with Crippen molar-refractivity contribution in [2.24, 2.45) is 5.73 Å². The SMILES string of the molecule is C[C@@H](O)[C@H](N)c1c(Cl)cccc1Br. The second-order valence-corrected chi connectivity index (χ2v) is 4.16. The monoisotopic (exact) mass is 263 g/mol. The number of halogens is 2. The predicted molar refractivity (Wildman–Crippen MR) is 57.8 cm³/mol. The highest BCUT2D eigenvalue weighted by Gasteiger charge is 2.17. The molecule has 0 bridgehead atoms. The van der Waals surface area contributed by atoms with E-state index in [1.807, 2.05) is 12.1 Å². The Balaban J connectivity index is 3.12. The summed E-state index contributed by atoms with van der Waals surface area (Å²) >= 11 is 9.29. The van der Waals surface area contributed by atoms with Crippen LogP contribution in [0.1, 0.15) is 18.5 Å². The van der Waals surface area contributed by atoms with Crippen molar-refractivity contribution in [2.75, 3.05) is 0 Å². The second-order valence-electron chi connectivity index (χ2n) is 2.90. The zero-order valence-corrected chi connectivity index (χ0v) is 9.51. The van der Waals surface area contributed by atoms with E-state index in [-0.39, 0.29) is 0 Å². The summed E-state index contributed by atoms with van der Waals surface area (Å²) in [6.07, 6.45) is -0.615. The van der Waals surface area contributed by atoms with E-state index in [0.29, 0.717) is 5.02 Å². The number of hydrogen-bond acceptors (Lipinski definition) is 2. The molecule has 1 rings (SSSR count). The third-order valence-corrected chi connectivity index (χ3v) is 2.87. The molecule has 0 radical (unpaired) electrons. The van der Waals surface area contributed by atoms with Crippen LogP contribution in [0.3, 0.4) is 0 Å². The summed E-state index contributed by atoms with van der Waals surface area (Å²) in [6, 6.07) is 4.97. The molecule has 0 unspecified atom stereocenters. The molecule has 0 saturated heterocycles. The highest BCUT2D eigenvalue weighted by Crippen LogP contribution is 2.30. The molecule has 0 fully saturated rings. The molecule has 13 heavy (non-hydrogen) atoms. The van der Waals surface area contributed by atoms with Crippen LogP contribution in [0.2, 0.25) is 5.02 Å². The highest BCUT2D eigenvalue weighted by atomic mass is 79.9. The number of aliphatic hydroxyl groups excluding tert-OH is 1. The van der Waals surface area contributed by atoms with Gasteiger partial charge in [-0.15, -0.1) is 0 Å². The topological polar surface area (TPSA) is 46.2 Å². The summed E-state index contributed by atoms with van der Waals surface area (Å²) in [7, 11) is 0. The van der Waals surface area contributed by atoms with Gasteiger partial charge in [-0.25, -0.2) is 0 Å². The average Bonchev–Trinajstić information content (AvgIpc) is 2.03. The van der Waals surface area contributed by atoms with Crippen molar-refractivity contribution in [3.05, 3.63) is 33.3 Å². The van der Waals surface area contributed by atoms with Gasteiger partial charge >= 0.3 is 0 Å². The maximum Gasteiger partial charge on any atom is 0.0705 e. The fourth-order valence-electron chi connectivity index (χ4n) is 1.07. The first-order chi connectivity index (χ1) is 6.04. The first-order valence-electron chi connectivity index (χ1n) is 3.91. The van der Waals surface area contributed by atoms with Gasteiger partial charge in [0, 0.05) is 15.1 Å². The quantitative estimate of drug-likeness (QED) is 0.862. The van der Waals surface area contributed by atoms with Gasteiger partial charge in [0.2, 0.25) is 0 Å². The van der Waals surface area contributed by atoms with Crippen LogP contribution in [0.15, 0.2) is 22.7 Å². The minimum atomic E-state index is -0.615. The van der Waals surface area contributed by atoms with Crippen molar-refractivity contribution in [3.63, 3.8) is 0 Å². The molecule has 1 aromatic rings. The van der Waals surface area contributed by atoms with E-state index < -0.39 is 12.1 Å². The molecule has 0 aromatic heterocycles. The van der Waals surface area contributed by atoms with Crippen LogP contribution < -0.4 is 5.73 Å². The lowest BCUT2D eigenvalue weighted by atomic mass is 10.0. The van der Waals surface area contributed by atoms with Crippen LogP contribution >= 0.6 is 27.5 Å². The normalized spacial score (nSPS) is 15.5. The van der Waals surface area contributed by atoms with E-state index in [9.17, 15) is 5.11 Å². The van der Waals surface area contributed by atoms with E-state index in [1.165, 1.54) is 0 Å². The van der Waals surface area contributed by atoms with E-state index in [2.05, 4.69) is 15.9 Å². The lowest BCUT2D eigenvalue weighted by molar-refractivity contribution is 0.164. The molecule has 0 heterocycles. The van der Waals surface area contributed by atoms with Crippen LogP contribution in [-0.4, -0.2) is 11.2 Å². The van der Waals surface area contributed by atoms with E-state index in [1.54, 1.807) is 13.0 Å². The Morgan fingerprint density at radius 2 is 2.15 bits per heavy atom. The van der Waals surface area contributed by atoms with Crippen LogP contribution in [0, 0.1) is 0 Å². The van der Waals surface area contributed by atoms with Crippen molar-refractivity contribution in [1.29, 1.82) is 0 Å². The van der Waals surface area contributed by atoms with Gasteiger partial charge < -0.3 is 10.8 Å². The Labute approximate surface area is 90.8 Å². The van der Waals surface area contributed by atoms with Crippen LogP contribution in [0.4, 0.5) is 0 Å². The van der Waals surface area contributed by atoms with Crippen molar-refractivity contribution < 1.29 is 5.11 Å². The number of aliphatic hydroxyl groups is 1. The molecule has 0 aliphatic carbocycles. The van der Waals surface area contributed by atoms with E-state index in [0.717, 1.165) is 10.0 Å². The summed E-state index contributed by atoms with van der Waals surface area (Å²) in [5, 5.41) is 9.89. The van der Waals surface area contributed by atoms with Gasteiger partial charge in [0.1, 0.15) is 0 Å². The van der Waals surface area contributed by atoms with Gasteiger partial charge in [-0.1, -0.05) is 33.6 Å². The largest absolute Gasteiger partial charge is 0.391 e. The van der Waals surface area contributed by atoms with Gasteiger partial charge in [-0.2, -0.15) is 0 Å². The van der Waals surface area contributed by atoms with Crippen LogP contribution in [-0.2, 0) is 0 Å². The molecule has 0 spiro atoms. The summed E-state index contributed by atoms with van der Waals surface area (Å²) in [5.41, 5.74) is 6.52. The van der Waals surface area contributed by atoms with Crippen molar-refractivity contribution in [2.45, 2.75) is 19.1 Å². The maximum atomic E-state index is 9.32. The molecular weight excluding hydrogens is 253 g/mol. The van der Waals surface area contributed by atoms with Crippen molar-refractivity contribution in [1.82, 2.24) is 0 Å². The fraction of sp³-hybridized carbons (Fsp3) is 0.333. The standard InChI is InChI=1S/C9H11BrClNO/c1-5(13)9(12)8-6(10)3-2-4-7(8)11/h2-5,9,13H,12H2,1H3/t5-,9+/m1/s1. The number of nitrogens with two attached hydrogens (primary N) is 1. The predicted octanol–water partition coefficient (Wildman–Crippen LogP) is 2.48. The van der Waals surface area contributed by atoms with Crippen molar-refractivity contribution >= 4 is 27.5 Å². The Hall–Kier alpha value is -0.0900. The lowest BCUT2D eigenvalue weighted by Gasteiger charge is -2.17. The van der Waals surface area contributed by atoms with Gasteiger partial charge in [-0.05, 0) is 19.1 Å². The molecule has 2 atom stereocenters. The molecule has 4 heteroatoms. The smallest absolute Gasteiger partial charge is 0.0705 e. The summed E-state index contributed by atoms with van der Waals surface area (Å²) in [6.45, 7) is 1.64. The fourth-order valence-corrected chi connectivity index (χ4v) is 2.12. The minimum Gasteiger partial charge on any atom is -0.391 e. The second kappa shape index (κ2) is 4.42. The van der Waals surface area contributed by atoms with E-state index in [4.69, 9.17) is 17.3 Å². The zero-order valence-electron chi connectivity index (χ0n) is 7.17. The van der Waals surface area contributed by atoms with Crippen LogP contribution in [0.5, 0.6) is 0 Å². The van der Waals surface area contributed by atoms with Gasteiger partial charge in [0.25, 0.3) is 0 Å². The van der Waals surface area contributed by atoms with Crippen molar-refractivity contribution in [3.8, 4) is 0 Å². The van der Waals surface area contributed by atoms with Crippen LogP contribution in [0.25, 0.3) is 0 Å². The Morgan fingerprint density at radius 1 is 1.54 bits per heavy atom. The Kier molecular flexibility index (Phi) is 3.74. The molecule has 2 nitrogen and oxygen atoms in total.